The van der Waals surface area contributed by atoms with Crippen LogP contribution in [0.3, 0.4) is 0 Å². The summed E-state index contributed by atoms with van der Waals surface area (Å²) in [5.74, 6) is -1.07. The van der Waals surface area contributed by atoms with Gasteiger partial charge in [-0.15, -0.1) is 0 Å². The molecule has 116 valence electrons. The SMILES string of the molecule is COc1cc(OC)c(C(=O)CCc2ccccc2)c(O)c1O. The number of phenolic OH excluding ortho intramolecular Hbond substituents is 2. The number of methoxy groups -OCH3 is 2. The number of carbonyl (C=O) groups excluding carboxylic acids is 1. The van der Waals surface area contributed by atoms with Crippen molar-refractivity contribution in [2.45, 2.75) is 12.8 Å². The lowest BCUT2D eigenvalue weighted by atomic mass is 10.0. The Balaban J connectivity index is 2.27. The number of aryl methyl sites for hydroxylation is 1. The predicted molar refractivity (Wildman–Crippen MR) is 82.0 cm³/mol. The Morgan fingerprint density at radius 1 is 1.00 bits per heavy atom. The van der Waals surface area contributed by atoms with Gasteiger partial charge in [-0.05, 0) is 12.0 Å². The molecule has 0 saturated carbocycles. The number of hydrogen-bond donors (Lipinski definition) is 2. The number of carbonyl (C=O) groups is 1. The first-order valence-electron chi connectivity index (χ1n) is 6.82. The van der Waals surface area contributed by atoms with Crippen LogP contribution in [0.5, 0.6) is 23.0 Å². The smallest absolute Gasteiger partial charge is 0.201 e. The van der Waals surface area contributed by atoms with Crippen LogP contribution in [-0.2, 0) is 6.42 Å². The molecule has 0 aliphatic carbocycles. The summed E-state index contributed by atoms with van der Waals surface area (Å²) in [6.45, 7) is 0. The summed E-state index contributed by atoms with van der Waals surface area (Å²) in [6.07, 6.45) is 0.731. The molecule has 0 heterocycles. The van der Waals surface area contributed by atoms with Crippen LogP contribution in [-0.4, -0.2) is 30.2 Å². The summed E-state index contributed by atoms with van der Waals surface area (Å²) in [5, 5.41) is 19.9. The fourth-order valence-corrected chi connectivity index (χ4v) is 2.22. The van der Waals surface area contributed by atoms with E-state index in [1.165, 1.54) is 20.3 Å². The number of aromatic hydroxyl groups is 2. The van der Waals surface area contributed by atoms with Crippen molar-refractivity contribution in [2.24, 2.45) is 0 Å². The second kappa shape index (κ2) is 6.85. The number of ketones is 1. The number of Topliss-reactive ketones (excluding diaryl/α,β-unsaturated/α-hetero) is 1. The minimum Gasteiger partial charge on any atom is -0.504 e. The predicted octanol–water partition coefficient (Wildman–Crippen LogP) is 2.93. The van der Waals surface area contributed by atoms with Crippen LogP contribution >= 0.6 is 0 Å². The minimum absolute atomic E-state index is 0.0308. The van der Waals surface area contributed by atoms with Gasteiger partial charge >= 0.3 is 0 Å². The van der Waals surface area contributed by atoms with Gasteiger partial charge in [-0.2, -0.15) is 0 Å². The van der Waals surface area contributed by atoms with Gasteiger partial charge in [0.05, 0.1) is 14.2 Å². The summed E-state index contributed by atoms with van der Waals surface area (Å²) in [5.41, 5.74) is 0.990. The molecule has 0 aliphatic heterocycles. The third kappa shape index (κ3) is 3.14. The van der Waals surface area contributed by atoms with E-state index in [2.05, 4.69) is 0 Å². The molecule has 0 aliphatic rings. The second-order valence-electron chi connectivity index (χ2n) is 4.76. The minimum atomic E-state index is -0.519. The first-order valence-corrected chi connectivity index (χ1v) is 6.82. The van der Waals surface area contributed by atoms with Crippen LogP contribution in [0, 0.1) is 0 Å². The molecule has 2 aromatic carbocycles. The first-order chi connectivity index (χ1) is 10.6. The summed E-state index contributed by atoms with van der Waals surface area (Å²) in [4.78, 5) is 12.4. The highest BCUT2D eigenvalue weighted by Gasteiger charge is 2.23. The van der Waals surface area contributed by atoms with Crippen molar-refractivity contribution in [3.8, 4) is 23.0 Å². The van der Waals surface area contributed by atoms with Gasteiger partial charge < -0.3 is 19.7 Å². The van der Waals surface area contributed by atoms with Crippen LogP contribution in [0.15, 0.2) is 36.4 Å². The van der Waals surface area contributed by atoms with E-state index in [0.717, 1.165) is 5.56 Å². The summed E-state index contributed by atoms with van der Waals surface area (Å²) in [6, 6.07) is 10.9. The van der Waals surface area contributed by atoms with E-state index in [-0.39, 0.29) is 29.3 Å². The maximum Gasteiger partial charge on any atom is 0.201 e. The van der Waals surface area contributed by atoms with Crippen LogP contribution in [0.2, 0.25) is 0 Å². The van der Waals surface area contributed by atoms with Crippen molar-refractivity contribution >= 4 is 5.78 Å². The monoisotopic (exact) mass is 302 g/mol. The Morgan fingerprint density at radius 2 is 1.64 bits per heavy atom. The maximum atomic E-state index is 12.4. The van der Waals surface area contributed by atoms with Crippen LogP contribution in [0.1, 0.15) is 22.3 Å². The molecule has 0 saturated heterocycles. The molecule has 0 atom stereocenters. The number of rotatable bonds is 6. The molecule has 22 heavy (non-hydrogen) atoms. The quantitative estimate of drug-likeness (QED) is 0.634. The van der Waals surface area contributed by atoms with E-state index in [1.54, 1.807) is 0 Å². The maximum absolute atomic E-state index is 12.4. The molecular formula is C17H18O5. The van der Waals surface area contributed by atoms with Crippen molar-refractivity contribution in [2.75, 3.05) is 14.2 Å². The fourth-order valence-electron chi connectivity index (χ4n) is 2.22. The van der Waals surface area contributed by atoms with Gasteiger partial charge in [-0.3, -0.25) is 4.79 Å². The summed E-state index contributed by atoms with van der Waals surface area (Å²) in [7, 11) is 2.74. The molecule has 5 heteroatoms. The van der Waals surface area contributed by atoms with Gasteiger partial charge in [0.25, 0.3) is 0 Å². The van der Waals surface area contributed by atoms with E-state index in [0.29, 0.717) is 6.42 Å². The lowest BCUT2D eigenvalue weighted by Crippen LogP contribution is -2.05. The Bertz CT molecular complexity index is 664. The van der Waals surface area contributed by atoms with E-state index in [4.69, 9.17) is 9.47 Å². The molecular weight excluding hydrogens is 284 g/mol. The van der Waals surface area contributed by atoms with Gasteiger partial charge in [0.15, 0.2) is 17.3 Å². The van der Waals surface area contributed by atoms with Crippen LogP contribution < -0.4 is 9.47 Å². The van der Waals surface area contributed by atoms with Gasteiger partial charge in [-0.1, -0.05) is 30.3 Å². The molecule has 0 fully saturated rings. The lowest BCUT2D eigenvalue weighted by molar-refractivity contribution is 0.0976. The molecule has 0 radical (unpaired) electrons. The third-order valence-electron chi connectivity index (χ3n) is 3.41. The molecule has 0 aromatic heterocycles. The van der Waals surface area contributed by atoms with Crippen molar-refractivity contribution in [3.63, 3.8) is 0 Å². The summed E-state index contributed by atoms with van der Waals surface area (Å²) >= 11 is 0. The Kier molecular flexibility index (Phi) is 4.88. The molecule has 2 aromatic rings. The van der Waals surface area contributed by atoms with Crippen LogP contribution in [0.25, 0.3) is 0 Å². The van der Waals surface area contributed by atoms with E-state index in [9.17, 15) is 15.0 Å². The Morgan fingerprint density at radius 3 is 2.23 bits per heavy atom. The Labute approximate surface area is 128 Å². The van der Waals surface area contributed by atoms with Crippen molar-refractivity contribution in [1.29, 1.82) is 0 Å². The number of phenols is 2. The van der Waals surface area contributed by atoms with Crippen molar-refractivity contribution < 1.29 is 24.5 Å². The molecule has 0 amide bonds. The van der Waals surface area contributed by atoms with Gasteiger partial charge in [0, 0.05) is 12.5 Å². The molecule has 0 spiro atoms. The largest absolute Gasteiger partial charge is 0.504 e. The third-order valence-corrected chi connectivity index (χ3v) is 3.41. The number of hydrogen-bond acceptors (Lipinski definition) is 5. The molecule has 0 unspecified atom stereocenters. The average Bonchev–Trinajstić information content (AvgIpc) is 2.55. The number of benzene rings is 2. The molecule has 2 N–H and O–H groups in total. The van der Waals surface area contributed by atoms with E-state index < -0.39 is 11.5 Å². The zero-order valence-electron chi connectivity index (χ0n) is 12.5. The molecule has 2 rings (SSSR count). The zero-order chi connectivity index (χ0) is 16.1. The standard InChI is InChI=1S/C17H18O5/c1-21-13-10-14(22-2)16(19)17(20)15(13)12(18)9-8-11-6-4-3-5-7-11/h3-7,10,19-20H,8-9H2,1-2H3. The van der Waals surface area contributed by atoms with Gasteiger partial charge in [-0.25, -0.2) is 0 Å². The van der Waals surface area contributed by atoms with Gasteiger partial charge in [0.2, 0.25) is 5.75 Å². The highest BCUT2D eigenvalue weighted by atomic mass is 16.5. The fraction of sp³-hybridized carbons (Fsp3) is 0.235. The normalized spacial score (nSPS) is 10.3. The molecule has 5 nitrogen and oxygen atoms in total. The topological polar surface area (TPSA) is 76.0 Å². The van der Waals surface area contributed by atoms with Crippen molar-refractivity contribution in [3.05, 3.63) is 47.5 Å². The van der Waals surface area contributed by atoms with E-state index >= 15 is 0 Å². The highest BCUT2D eigenvalue weighted by molar-refractivity contribution is 6.02. The zero-order valence-corrected chi connectivity index (χ0v) is 12.5. The summed E-state index contributed by atoms with van der Waals surface area (Å²) < 4.78 is 10.1. The molecule has 0 bridgehead atoms. The van der Waals surface area contributed by atoms with Gasteiger partial charge in [0.1, 0.15) is 11.3 Å². The second-order valence-corrected chi connectivity index (χ2v) is 4.76. The first kappa shape index (κ1) is 15.7. The number of ether oxygens (including phenoxy) is 2. The Hall–Kier alpha value is -2.69. The van der Waals surface area contributed by atoms with E-state index in [1.807, 2.05) is 30.3 Å². The lowest BCUT2D eigenvalue weighted by Gasteiger charge is -2.13. The van der Waals surface area contributed by atoms with Crippen LogP contribution in [0.4, 0.5) is 0 Å². The van der Waals surface area contributed by atoms with Crippen molar-refractivity contribution in [1.82, 2.24) is 0 Å². The average molecular weight is 302 g/mol. The highest BCUT2D eigenvalue weighted by Crippen LogP contribution is 2.44.